The van der Waals surface area contributed by atoms with Crippen LogP contribution in [0.15, 0.2) is 0 Å². The highest BCUT2D eigenvalue weighted by molar-refractivity contribution is 5.80. The Labute approximate surface area is 110 Å². The predicted octanol–water partition coefficient (Wildman–Crippen LogP) is 1.44. The van der Waals surface area contributed by atoms with E-state index in [2.05, 4.69) is 12.2 Å². The van der Waals surface area contributed by atoms with Gasteiger partial charge in [0.1, 0.15) is 0 Å². The second-order valence-corrected chi connectivity index (χ2v) is 6.64. The Balaban J connectivity index is 1.87. The molecule has 0 aromatic heterocycles. The van der Waals surface area contributed by atoms with Gasteiger partial charge >= 0.3 is 0 Å². The van der Waals surface area contributed by atoms with Crippen molar-refractivity contribution in [2.75, 3.05) is 19.8 Å². The van der Waals surface area contributed by atoms with Crippen molar-refractivity contribution in [3.05, 3.63) is 0 Å². The van der Waals surface area contributed by atoms with Crippen molar-refractivity contribution < 1.29 is 9.53 Å². The lowest BCUT2D eigenvalue weighted by Crippen LogP contribution is -2.53. The van der Waals surface area contributed by atoms with Crippen molar-refractivity contribution in [2.24, 2.45) is 17.1 Å². The average molecular weight is 254 g/mol. The third-order valence-electron chi connectivity index (χ3n) is 4.56. The van der Waals surface area contributed by atoms with Crippen molar-refractivity contribution in [3.63, 3.8) is 0 Å². The Morgan fingerprint density at radius 2 is 2.17 bits per heavy atom. The Bertz CT molecular complexity index is 309. The molecule has 1 saturated carbocycles. The van der Waals surface area contributed by atoms with Gasteiger partial charge in [0.05, 0.1) is 12.5 Å². The topological polar surface area (TPSA) is 64.4 Å². The van der Waals surface area contributed by atoms with Crippen molar-refractivity contribution in [2.45, 2.75) is 51.5 Å². The molecule has 0 spiro atoms. The minimum absolute atomic E-state index is 0.0304. The van der Waals surface area contributed by atoms with E-state index in [0.717, 1.165) is 45.3 Å². The van der Waals surface area contributed by atoms with Gasteiger partial charge in [0, 0.05) is 24.1 Å². The smallest absolute Gasteiger partial charge is 0.224 e. The van der Waals surface area contributed by atoms with Crippen LogP contribution in [0.4, 0.5) is 0 Å². The number of ether oxygens (including phenoxy) is 1. The summed E-state index contributed by atoms with van der Waals surface area (Å²) in [5.41, 5.74) is 6.02. The quantitative estimate of drug-likeness (QED) is 0.801. The molecule has 2 fully saturated rings. The first-order valence-electron chi connectivity index (χ1n) is 7.07. The average Bonchev–Trinajstić information content (AvgIpc) is 2.73. The van der Waals surface area contributed by atoms with Crippen molar-refractivity contribution >= 4 is 5.91 Å². The minimum Gasteiger partial charge on any atom is -0.381 e. The molecule has 104 valence electrons. The van der Waals surface area contributed by atoms with Crippen LogP contribution < -0.4 is 11.1 Å². The summed E-state index contributed by atoms with van der Waals surface area (Å²) in [6.07, 6.45) is 5.16. The number of carbonyl (C=O) groups excluding carboxylic acids is 1. The van der Waals surface area contributed by atoms with Gasteiger partial charge < -0.3 is 15.8 Å². The van der Waals surface area contributed by atoms with Gasteiger partial charge in [-0.2, -0.15) is 0 Å². The van der Waals surface area contributed by atoms with Gasteiger partial charge in [0.15, 0.2) is 0 Å². The van der Waals surface area contributed by atoms with Gasteiger partial charge in [-0.25, -0.2) is 0 Å². The molecule has 2 aliphatic rings. The summed E-state index contributed by atoms with van der Waals surface area (Å²) in [5.74, 6) is 0.102. The lowest BCUT2D eigenvalue weighted by atomic mass is 9.74. The molecule has 0 bridgehead atoms. The molecule has 1 aliphatic heterocycles. The lowest BCUT2D eigenvalue weighted by Gasteiger charge is -2.37. The van der Waals surface area contributed by atoms with E-state index in [-0.39, 0.29) is 22.8 Å². The monoisotopic (exact) mass is 254 g/mol. The number of hydrogen-bond acceptors (Lipinski definition) is 3. The SMILES string of the molecule is CC1(CNC(=O)C2CCCCC2(C)N)CCOC1. The van der Waals surface area contributed by atoms with E-state index >= 15 is 0 Å². The van der Waals surface area contributed by atoms with E-state index < -0.39 is 0 Å². The highest BCUT2D eigenvalue weighted by Gasteiger charge is 2.38. The number of nitrogens with two attached hydrogens (primary N) is 1. The van der Waals surface area contributed by atoms with E-state index in [1.54, 1.807) is 0 Å². The zero-order valence-corrected chi connectivity index (χ0v) is 11.6. The molecule has 2 rings (SSSR count). The molecule has 1 saturated heterocycles. The Hall–Kier alpha value is -0.610. The number of carbonyl (C=O) groups is 1. The molecule has 3 unspecified atom stereocenters. The fourth-order valence-corrected chi connectivity index (χ4v) is 3.06. The molecular weight excluding hydrogens is 228 g/mol. The number of amides is 1. The van der Waals surface area contributed by atoms with E-state index in [1.165, 1.54) is 0 Å². The van der Waals surface area contributed by atoms with Crippen LogP contribution in [-0.2, 0) is 9.53 Å². The van der Waals surface area contributed by atoms with Crippen LogP contribution in [0.25, 0.3) is 0 Å². The fourth-order valence-electron chi connectivity index (χ4n) is 3.06. The van der Waals surface area contributed by atoms with Gasteiger partial charge in [0.2, 0.25) is 5.91 Å². The Morgan fingerprint density at radius 3 is 2.78 bits per heavy atom. The molecule has 1 amide bonds. The van der Waals surface area contributed by atoms with Crippen LogP contribution in [0.5, 0.6) is 0 Å². The van der Waals surface area contributed by atoms with E-state index in [9.17, 15) is 4.79 Å². The maximum atomic E-state index is 12.3. The maximum Gasteiger partial charge on any atom is 0.224 e. The number of rotatable bonds is 3. The summed E-state index contributed by atoms with van der Waals surface area (Å²) in [5, 5.41) is 3.09. The van der Waals surface area contributed by atoms with E-state index in [1.807, 2.05) is 6.92 Å². The minimum atomic E-state index is -0.338. The second kappa shape index (κ2) is 5.17. The standard InChI is InChI=1S/C14H26N2O2/c1-13(7-8-18-10-13)9-16-12(17)11-5-3-4-6-14(11,2)15/h11H,3-10,15H2,1-2H3,(H,16,17). The highest BCUT2D eigenvalue weighted by atomic mass is 16.5. The van der Waals surface area contributed by atoms with Gasteiger partial charge in [-0.3, -0.25) is 4.79 Å². The Kier molecular flexibility index (Phi) is 3.97. The normalized spacial score (nSPS) is 40.7. The molecule has 3 N–H and O–H groups in total. The third kappa shape index (κ3) is 3.04. The van der Waals surface area contributed by atoms with Gasteiger partial charge in [-0.05, 0) is 26.2 Å². The molecule has 1 heterocycles. The number of hydrogen-bond donors (Lipinski definition) is 2. The molecule has 0 aromatic rings. The van der Waals surface area contributed by atoms with Gasteiger partial charge in [-0.15, -0.1) is 0 Å². The third-order valence-corrected chi connectivity index (χ3v) is 4.56. The van der Waals surface area contributed by atoms with Crippen molar-refractivity contribution in [3.8, 4) is 0 Å². The van der Waals surface area contributed by atoms with Crippen molar-refractivity contribution in [1.82, 2.24) is 5.32 Å². The first kappa shape index (κ1) is 13.8. The van der Waals surface area contributed by atoms with Crippen LogP contribution in [0.3, 0.4) is 0 Å². The first-order valence-corrected chi connectivity index (χ1v) is 7.07. The molecule has 0 aromatic carbocycles. The van der Waals surface area contributed by atoms with Crippen LogP contribution in [0, 0.1) is 11.3 Å². The maximum absolute atomic E-state index is 12.3. The van der Waals surface area contributed by atoms with Gasteiger partial charge in [-0.1, -0.05) is 19.8 Å². The zero-order valence-electron chi connectivity index (χ0n) is 11.6. The summed E-state index contributed by atoms with van der Waals surface area (Å²) in [6.45, 7) is 6.44. The summed E-state index contributed by atoms with van der Waals surface area (Å²) in [7, 11) is 0. The fraction of sp³-hybridized carbons (Fsp3) is 0.929. The van der Waals surface area contributed by atoms with E-state index in [4.69, 9.17) is 10.5 Å². The molecule has 3 atom stereocenters. The largest absolute Gasteiger partial charge is 0.381 e. The molecule has 1 aliphatic carbocycles. The van der Waals surface area contributed by atoms with Crippen molar-refractivity contribution in [1.29, 1.82) is 0 Å². The molecule has 18 heavy (non-hydrogen) atoms. The molecule has 4 heteroatoms. The predicted molar refractivity (Wildman–Crippen MR) is 71.1 cm³/mol. The lowest BCUT2D eigenvalue weighted by molar-refractivity contribution is -0.128. The van der Waals surface area contributed by atoms with Gasteiger partial charge in [0.25, 0.3) is 0 Å². The van der Waals surface area contributed by atoms with Crippen LogP contribution in [0.1, 0.15) is 46.0 Å². The highest BCUT2D eigenvalue weighted by Crippen LogP contribution is 2.32. The molecule has 4 nitrogen and oxygen atoms in total. The first-order chi connectivity index (χ1) is 8.43. The second-order valence-electron chi connectivity index (χ2n) is 6.64. The summed E-state index contributed by atoms with van der Waals surface area (Å²) in [4.78, 5) is 12.3. The number of nitrogens with one attached hydrogen (secondary N) is 1. The Morgan fingerprint density at radius 1 is 1.39 bits per heavy atom. The molecular formula is C14H26N2O2. The zero-order chi connectivity index (χ0) is 13.2. The summed E-state index contributed by atoms with van der Waals surface area (Å²) < 4.78 is 5.40. The van der Waals surface area contributed by atoms with E-state index in [0.29, 0.717) is 6.54 Å². The summed E-state index contributed by atoms with van der Waals surface area (Å²) >= 11 is 0. The van der Waals surface area contributed by atoms with Crippen LogP contribution >= 0.6 is 0 Å². The van der Waals surface area contributed by atoms with Crippen LogP contribution in [0.2, 0.25) is 0 Å². The molecule has 0 radical (unpaired) electrons. The van der Waals surface area contributed by atoms with Crippen LogP contribution in [-0.4, -0.2) is 31.2 Å². The summed E-state index contributed by atoms with van der Waals surface area (Å²) in [6, 6.07) is 0.